The highest BCUT2D eigenvalue weighted by Gasteiger charge is 2.22. The molecule has 1 rings (SSSR count). The molecule has 0 aliphatic heterocycles. The molecule has 1 aromatic heterocycles. The van der Waals surface area contributed by atoms with Crippen molar-refractivity contribution in [2.45, 2.75) is 38.5 Å². The van der Waals surface area contributed by atoms with E-state index < -0.39 is 15.1 Å². The molecule has 16 heavy (non-hydrogen) atoms. The lowest BCUT2D eigenvalue weighted by Crippen LogP contribution is -2.07. The average Bonchev–Trinajstić information content (AvgIpc) is 2.59. The Labute approximate surface area is 101 Å². The predicted octanol–water partition coefficient (Wildman–Crippen LogP) is 1.66. The molecule has 0 radical (unpaired) electrons. The van der Waals surface area contributed by atoms with E-state index in [-0.39, 0.29) is 0 Å². The van der Waals surface area contributed by atoms with Crippen molar-refractivity contribution < 1.29 is 8.42 Å². The third kappa shape index (κ3) is 3.02. The Morgan fingerprint density at radius 2 is 2.12 bits per heavy atom. The van der Waals surface area contributed by atoms with E-state index in [1.807, 2.05) is 0 Å². The SMILES string of the molecule is CCCc1nc(C(C)S(C)(=O)=O)sc1CN. The molecule has 0 aliphatic rings. The van der Waals surface area contributed by atoms with Gasteiger partial charge in [0.15, 0.2) is 9.84 Å². The Morgan fingerprint density at radius 3 is 2.56 bits per heavy atom. The van der Waals surface area contributed by atoms with Crippen LogP contribution in [0.1, 0.15) is 41.1 Å². The Bertz CT molecular complexity index is 451. The van der Waals surface area contributed by atoms with Crippen molar-refractivity contribution in [1.82, 2.24) is 4.98 Å². The minimum atomic E-state index is -3.08. The van der Waals surface area contributed by atoms with Gasteiger partial charge in [0.1, 0.15) is 10.3 Å². The molecule has 1 heterocycles. The van der Waals surface area contributed by atoms with E-state index in [0.29, 0.717) is 11.6 Å². The molecule has 2 N–H and O–H groups in total. The van der Waals surface area contributed by atoms with Crippen LogP contribution in [0.5, 0.6) is 0 Å². The molecule has 0 aliphatic carbocycles. The molecule has 0 bridgehead atoms. The zero-order chi connectivity index (χ0) is 12.3. The monoisotopic (exact) mass is 262 g/mol. The van der Waals surface area contributed by atoms with Gasteiger partial charge in [-0.1, -0.05) is 13.3 Å². The third-order valence-corrected chi connectivity index (χ3v) is 5.42. The zero-order valence-corrected chi connectivity index (χ0v) is 11.5. The lowest BCUT2D eigenvalue weighted by Gasteiger charge is -2.03. The smallest absolute Gasteiger partial charge is 0.156 e. The van der Waals surface area contributed by atoms with Crippen LogP contribution in [0.3, 0.4) is 0 Å². The second-order valence-corrected chi connectivity index (χ2v) is 7.33. The quantitative estimate of drug-likeness (QED) is 0.876. The summed E-state index contributed by atoms with van der Waals surface area (Å²) in [6.45, 7) is 4.17. The molecule has 0 amide bonds. The molecular formula is C10H18N2O2S2. The van der Waals surface area contributed by atoms with Gasteiger partial charge in [0.2, 0.25) is 0 Å². The maximum absolute atomic E-state index is 11.4. The van der Waals surface area contributed by atoms with Gasteiger partial charge in [0.25, 0.3) is 0 Å². The van der Waals surface area contributed by atoms with Crippen LogP contribution in [0.4, 0.5) is 0 Å². The van der Waals surface area contributed by atoms with Gasteiger partial charge >= 0.3 is 0 Å². The lowest BCUT2D eigenvalue weighted by molar-refractivity contribution is 0.592. The predicted molar refractivity (Wildman–Crippen MR) is 67.3 cm³/mol. The summed E-state index contributed by atoms with van der Waals surface area (Å²) in [5.74, 6) is 0. The van der Waals surface area contributed by atoms with Crippen LogP contribution in [0.15, 0.2) is 0 Å². The summed E-state index contributed by atoms with van der Waals surface area (Å²) in [4.78, 5) is 5.40. The second kappa shape index (κ2) is 5.25. The molecule has 92 valence electrons. The van der Waals surface area contributed by atoms with Crippen molar-refractivity contribution >= 4 is 21.2 Å². The Kier molecular flexibility index (Phi) is 4.46. The van der Waals surface area contributed by atoms with Gasteiger partial charge in [0, 0.05) is 17.7 Å². The zero-order valence-electron chi connectivity index (χ0n) is 9.86. The number of sulfone groups is 1. The van der Waals surface area contributed by atoms with E-state index >= 15 is 0 Å². The minimum absolute atomic E-state index is 0.434. The number of nitrogens with zero attached hydrogens (tertiary/aromatic N) is 1. The number of aryl methyl sites for hydroxylation is 1. The summed E-state index contributed by atoms with van der Waals surface area (Å²) < 4.78 is 22.9. The topological polar surface area (TPSA) is 73.0 Å². The van der Waals surface area contributed by atoms with Crippen LogP contribution in [0.25, 0.3) is 0 Å². The van der Waals surface area contributed by atoms with Crippen LogP contribution < -0.4 is 5.73 Å². The number of hydrogen-bond donors (Lipinski definition) is 1. The van der Waals surface area contributed by atoms with Crippen LogP contribution in [0.2, 0.25) is 0 Å². The summed E-state index contributed by atoms with van der Waals surface area (Å²) in [5, 5.41) is 0.125. The average molecular weight is 262 g/mol. The number of thiazole rings is 1. The van der Waals surface area contributed by atoms with Crippen LogP contribution in [-0.4, -0.2) is 19.7 Å². The largest absolute Gasteiger partial charge is 0.326 e. The normalized spacial score (nSPS) is 14.0. The van der Waals surface area contributed by atoms with Crippen molar-refractivity contribution in [2.24, 2.45) is 5.73 Å². The summed E-state index contributed by atoms with van der Waals surface area (Å²) in [6.07, 6.45) is 3.09. The van der Waals surface area contributed by atoms with E-state index in [0.717, 1.165) is 23.4 Å². The first-order chi connectivity index (χ1) is 7.40. The van der Waals surface area contributed by atoms with Crippen LogP contribution in [0, 0.1) is 0 Å². The maximum atomic E-state index is 11.4. The fourth-order valence-electron chi connectivity index (χ4n) is 1.35. The van der Waals surface area contributed by atoms with Gasteiger partial charge in [-0.15, -0.1) is 11.3 Å². The highest BCUT2D eigenvalue weighted by molar-refractivity contribution is 7.91. The second-order valence-electron chi connectivity index (χ2n) is 3.85. The minimum Gasteiger partial charge on any atom is -0.326 e. The maximum Gasteiger partial charge on any atom is 0.156 e. The van der Waals surface area contributed by atoms with Crippen molar-refractivity contribution in [3.05, 3.63) is 15.6 Å². The molecule has 0 spiro atoms. The molecule has 1 atom stereocenters. The molecule has 0 saturated carbocycles. The van der Waals surface area contributed by atoms with E-state index in [9.17, 15) is 8.42 Å². The van der Waals surface area contributed by atoms with Crippen molar-refractivity contribution in [2.75, 3.05) is 6.26 Å². The van der Waals surface area contributed by atoms with Crippen molar-refractivity contribution in [3.8, 4) is 0 Å². The van der Waals surface area contributed by atoms with Gasteiger partial charge in [-0.3, -0.25) is 0 Å². The first kappa shape index (κ1) is 13.6. The Morgan fingerprint density at radius 1 is 1.50 bits per heavy atom. The van der Waals surface area contributed by atoms with Gasteiger partial charge in [-0.05, 0) is 13.3 Å². The molecule has 4 nitrogen and oxygen atoms in total. The standard InChI is InChI=1S/C10H18N2O2S2/c1-4-5-8-9(6-11)15-10(12-8)7(2)16(3,13)14/h7H,4-6,11H2,1-3H3. The van der Waals surface area contributed by atoms with E-state index in [4.69, 9.17) is 5.73 Å². The molecule has 0 fully saturated rings. The summed E-state index contributed by atoms with van der Waals surface area (Å²) in [6, 6.07) is 0. The summed E-state index contributed by atoms with van der Waals surface area (Å²) >= 11 is 1.42. The Hall–Kier alpha value is -0.460. The first-order valence-electron chi connectivity index (χ1n) is 5.27. The fraction of sp³-hybridized carbons (Fsp3) is 0.700. The van der Waals surface area contributed by atoms with Gasteiger partial charge < -0.3 is 5.73 Å². The molecule has 0 aromatic carbocycles. The van der Waals surface area contributed by atoms with Gasteiger partial charge in [-0.25, -0.2) is 13.4 Å². The highest BCUT2D eigenvalue weighted by Crippen LogP contribution is 2.28. The third-order valence-electron chi connectivity index (χ3n) is 2.46. The molecule has 6 heteroatoms. The van der Waals surface area contributed by atoms with Crippen LogP contribution in [-0.2, 0) is 22.8 Å². The van der Waals surface area contributed by atoms with Gasteiger partial charge in [-0.2, -0.15) is 0 Å². The fourth-order valence-corrected chi connectivity index (χ4v) is 3.36. The molecule has 0 saturated heterocycles. The van der Waals surface area contributed by atoms with Crippen LogP contribution >= 0.6 is 11.3 Å². The lowest BCUT2D eigenvalue weighted by atomic mass is 10.2. The molecule has 1 aromatic rings. The number of aromatic nitrogens is 1. The van der Waals surface area contributed by atoms with Gasteiger partial charge in [0.05, 0.1) is 5.69 Å². The Balaban J connectivity index is 3.08. The number of nitrogens with two attached hydrogens (primary N) is 1. The van der Waals surface area contributed by atoms with Crippen molar-refractivity contribution in [3.63, 3.8) is 0 Å². The molecule has 1 unspecified atom stereocenters. The van der Waals surface area contributed by atoms with E-state index in [1.54, 1.807) is 6.92 Å². The van der Waals surface area contributed by atoms with E-state index in [2.05, 4.69) is 11.9 Å². The number of hydrogen-bond acceptors (Lipinski definition) is 5. The molecular weight excluding hydrogens is 244 g/mol. The van der Waals surface area contributed by atoms with Crippen molar-refractivity contribution in [1.29, 1.82) is 0 Å². The summed E-state index contributed by atoms with van der Waals surface area (Å²) in [7, 11) is -3.08. The number of rotatable bonds is 5. The highest BCUT2D eigenvalue weighted by atomic mass is 32.2. The summed E-state index contributed by atoms with van der Waals surface area (Å²) in [5.41, 5.74) is 6.58. The van der Waals surface area contributed by atoms with E-state index in [1.165, 1.54) is 17.6 Å². The first-order valence-corrected chi connectivity index (χ1v) is 8.04.